The first-order chi connectivity index (χ1) is 27.2. The summed E-state index contributed by atoms with van der Waals surface area (Å²) in [5, 5.41) is 11.6. The van der Waals surface area contributed by atoms with Crippen LogP contribution in [0.15, 0.2) is 177 Å². The van der Waals surface area contributed by atoms with Crippen molar-refractivity contribution in [2.45, 2.75) is 6.92 Å². The van der Waals surface area contributed by atoms with Gasteiger partial charge in [-0.2, -0.15) is 0 Å². The summed E-state index contributed by atoms with van der Waals surface area (Å²) in [6, 6.07) is 53.3. The summed E-state index contributed by atoms with van der Waals surface area (Å²) in [5.74, 6) is 1.75. The van der Waals surface area contributed by atoms with E-state index in [1.165, 1.54) is 43.4 Å². The van der Waals surface area contributed by atoms with Gasteiger partial charge in [-0.25, -0.2) is 15.0 Å². The van der Waals surface area contributed by atoms with Gasteiger partial charge in [0, 0.05) is 22.7 Å². The van der Waals surface area contributed by atoms with E-state index in [0.29, 0.717) is 17.5 Å². The van der Waals surface area contributed by atoms with Gasteiger partial charge in [0.15, 0.2) is 17.5 Å². The number of hydrogen-bond acceptors (Lipinski definition) is 4. The maximum Gasteiger partial charge on any atom is 0.183 e. The first-order valence-corrected chi connectivity index (χ1v) is 18.5. The zero-order chi connectivity index (χ0) is 36.9. The Bertz CT molecular complexity index is 3180. The summed E-state index contributed by atoms with van der Waals surface area (Å²) < 4.78 is 0. The van der Waals surface area contributed by atoms with Crippen molar-refractivity contribution in [2.75, 3.05) is 0 Å². The fourth-order valence-corrected chi connectivity index (χ4v) is 8.13. The van der Waals surface area contributed by atoms with Crippen molar-refractivity contribution >= 4 is 59.9 Å². The minimum absolute atomic E-state index is 0.539. The molecule has 0 aliphatic rings. The number of allylic oxidation sites excluding steroid dienone is 2. The summed E-state index contributed by atoms with van der Waals surface area (Å²) in [4.78, 5) is 20.3. The molecular weight excluding hydrogens is 669 g/mol. The number of nitrogens with zero attached hydrogens (tertiary/aromatic N) is 4. The zero-order valence-electron chi connectivity index (χ0n) is 30.2. The largest absolute Gasteiger partial charge is 0.252 e. The highest BCUT2D eigenvalue weighted by Gasteiger charge is 2.19. The molecule has 4 heteroatoms. The fourth-order valence-electron chi connectivity index (χ4n) is 8.13. The molecule has 0 aliphatic heterocycles. The van der Waals surface area contributed by atoms with Gasteiger partial charge in [0.1, 0.15) is 5.69 Å². The number of hydrogen-bond donors (Lipinski definition) is 0. The molecule has 2 heterocycles. The molecule has 10 aromatic rings. The molecule has 0 aliphatic carbocycles. The average Bonchev–Trinajstić information content (AvgIpc) is 3.25. The van der Waals surface area contributed by atoms with E-state index in [9.17, 15) is 0 Å². The highest BCUT2D eigenvalue weighted by Crippen LogP contribution is 2.40. The minimum Gasteiger partial charge on any atom is -0.252 e. The van der Waals surface area contributed by atoms with Gasteiger partial charge in [0.25, 0.3) is 0 Å². The molecular formula is C51H34N4. The lowest BCUT2D eigenvalue weighted by Gasteiger charge is -2.15. The maximum atomic E-state index is 5.20. The molecule has 0 unspecified atom stereocenters. The molecule has 8 aromatic carbocycles. The Kier molecular flexibility index (Phi) is 7.81. The Hall–Kier alpha value is -7.30. The lowest BCUT2D eigenvalue weighted by molar-refractivity contribution is 1.06. The molecule has 0 atom stereocenters. The Morgan fingerprint density at radius 3 is 1.95 bits per heavy atom. The predicted molar refractivity (Wildman–Crippen MR) is 231 cm³/mol. The van der Waals surface area contributed by atoms with Crippen molar-refractivity contribution in [3.05, 3.63) is 188 Å². The van der Waals surface area contributed by atoms with E-state index in [1.54, 1.807) is 0 Å². The quantitative estimate of drug-likeness (QED) is 0.128. The standard InChI is InChI=1S/C51H34N4/c1-3-4-17-36-32(2)37-27-26-35(31-47(37)43-20-11-10-19-40(36)43)39-21-12-23-42-41(39)22-13-24-46(42)50-53-49(34-15-6-5-7-16-34)54-51(55-50)48-45-28-25-33-14-8-9-18-38(33)44(45)29-30-52-48/h3-31H,1H2,2H3/b17-4-. The molecule has 0 bridgehead atoms. The number of aryl methyl sites for hydroxylation is 1. The van der Waals surface area contributed by atoms with Crippen molar-refractivity contribution in [3.63, 3.8) is 0 Å². The minimum atomic E-state index is 0.539. The number of rotatable bonds is 6. The zero-order valence-corrected chi connectivity index (χ0v) is 30.2. The van der Waals surface area contributed by atoms with Crippen LogP contribution >= 0.6 is 0 Å². The molecule has 10 rings (SSSR count). The van der Waals surface area contributed by atoms with E-state index in [-0.39, 0.29) is 0 Å². The Morgan fingerprint density at radius 1 is 0.455 bits per heavy atom. The van der Waals surface area contributed by atoms with E-state index in [4.69, 9.17) is 19.9 Å². The molecule has 0 radical (unpaired) electrons. The normalized spacial score (nSPS) is 11.7. The molecule has 55 heavy (non-hydrogen) atoms. The van der Waals surface area contributed by atoms with Crippen LogP contribution in [-0.2, 0) is 0 Å². The number of pyridine rings is 1. The number of fused-ring (bicyclic) bond motifs is 7. The first-order valence-electron chi connectivity index (χ1n) is 18.5. The molecule has 0 amide bonds. The van der Waals surface area contributed by atoms with Gasteiger partial charge in [-0.05, 0) is 89.8 Å². The molecule has 4 nitrogen and oxygen atoms in total. The van der Waals surface area contributed by atoms with Crippen LogP contribution in [0.2, 0.25) is 0 Å². The van der Waals surface area contributed by atoms with Crippen LogP contribution in [0.1, 0.15) is 11.1 Å². The van der Waals surface area contributed by atoms with E-state index in [2.05, 4.69) is 141 Å². The van der Waals surface area contributed by atoms with Crippen molar-refractivity contribution in [3.8, 4) is 45.4 Å². The maximum absolute atomic E-state index is 5.20. The molecule has 2 aromatic heterocycles. The van der Waals surface area contributed by atoms with Crippen LogP contribution < -0.4 is 0 Å². The Balaban J connectivity index is 1.17. The van der Waals surface area contributed by atoms with Gasteiger partial charge < -0.3 is 0 Å². The smallest absolute Gasteiger partial charge is 0.183 e. The van der Waals surface area contributed by atoms with E-state index < -0.39 is 0 Å². The Morgan fingerprint density at radius 2 is 1.11 bits per heavy atom. The molecule has 0 N–H and O–H groups in total. The molecule has 0 saturated carbocycles. The van der Waals surface area contributed by atoms with E-state index >= 15 is 0 Å². The highest BCUT2D eigenvalue weighted by atomic mass is 15.0. The van der Waals surface area contributed by atoms with Crippen LogP contribution in [0.3, 0.4) is 0 Å². The lowest BCUT2D eigenvalue weighted by Crippen LogP contribution is -2.02. The van der Waals surface area contributed by atoms with Gasteiger partial charge in [-0.1, -0.05) is 164 Å². The average molecular weight is 703 g/mol. The van der Waals surface area contributed by atoms with Gasteiger partial charge >= 0.3 is 0 Å². The lowest BCUT2D eigenvalue weighted by atomic mass is 9.89. The fraction of sp³-hybridized carbons (Fsp3) is 0.0196. The summed E-state index contributed by atoms with van der Waals surface area (Å²) in [7, 11) is 0. The third-order valence-electron chi connectivity index (χ3n) is 10.8. The van der Waals surface area contributed by atoms with Gasteiger partial charge in [0.2, 0.25) is 0 Å². The van der Waals surface area contributed by atoms with Crippen molar-refractivity contribution < 1.29 is 0 Å². The summed E-state index contributed by atoms with van der Waals surface area (Å²) in [5.41, 5.74) is 7.37. The topological polar surface area (TPSA) is 51.6 Å². The second kappa shape index (κ2) is 13.3. The highest BCUT2D eigenvalue weighted by molar-refractivity contribution is 6.15. The third-order valence-corrected chi connectivity index (χ3v) is 10.8. The van der Waals surface area contributed by atoms with Gasteiger partial charge in [-0.3, -0.25) is 4.98 Å². The van der Waals surface area contributed by atoms with Gasteiger partial charge in [0.05, 0.1) is 0 Å². The third kappa shape index (κ3) is 5.46. The van der Waals surface area contributed by atoms with E-state index in [0.717, 1.165) is 49.5 Å². The molecule has 258 valence electrons. The molecule has 0 spiro atoms. The van der Waals surface area contributed by atoms with Crippen LogP contribution in [0.25, 0.3) is 105 Å². The van der Waals surface area contributed by atoms with Crippen molar-refractivity contribution in [2.24, 2.45) is 0 Å². The van der Waals surface area contributed by atoms with Crippen molar-refractivity contribution in [1.82, 2.24) is 19.9 Å². The first kappa shape index (κ1) is 32.4. The molecule has 0 saturated heterocycles. The monoisotopic (exact) mass is 702 g/mol. The summed E-state index contributed by atoms with van der Waals surface area (Å²) in [6.07, 6.45) is 7.87. The van der Waals surface area contributed by atoms with Crippen molar-refractivity contribution in [1.29, 1.82) is 0 Å². The number of aromatic nitrogens is 4. The predicted octanol–water partition coefficient (Wildman–Crippen LogP) is 13.2. The van der Waals surface area contributed by atoms with E-state index in [1.807, 2.05) is 48.7 Å². The SMILES string of the molecule is C=C/C=C\c1c(C)c2ccc(-c3cccc4c(-c5nc(-c6ccccc6)nc(-c6nccc7c6ccc6ccccc67)n5)cccc34)cc2c2ccccc12. The summed E-state index contributed by atoms with van der Waals surface area (Å²) >= 11 is 0. The van der Waals surface area contributed by atoms with Crippen LogP contribution in [0, 0.1) is 6.92 Å². The molecule has 0 fully saturated rings. The second-order valence-corrected chi connectivity index (χ2v) is 13.9. The van der Waals surface area contributed by atoms with Crippen LogP contribution in [0.4, 0.5) is 0 Å². The van der Waals surface area contributed by atoms with Gasteiger partial charge in [-0.15, -0.1) is 0 Å². The van der Waals surface area contributed by atoms with Crippen LogP contribution in [-0.4, -0.2) is 19.9 Å². The van der Waals surface area contributed by atoms with Crippen LogP contribution in [0.5, 0.6) is 0 Å². The summed E-state index contributed by atoms with van der Waals surface area (Å²) in [6.45, 7) is 6.11. The Labute approximate surface area is 318 Å². The number of benzene rings is 8. The second-order valence-electron chi connectivity index (χ2n) is 13.9.